The van der Waals surface area contributed by atoms with Gasteiger partial charge in [-0.2, -0.15) is 14.0 Å². The van der Waals surface area contributed by atoms with Gasteiger partial charge < -0.3 is 18.7 Å². The lowest BCUT2D eigenvalue weighted by atomic mass is 9.91. The molecule has 0 saturated carbocycles. The highest BCUT2D eigenvalue weighted by Crippen LogP contribution is 2.39. The summed E-state index contributed by atoms with van der Waals surface area (Å²) in [6, 6.07) is 20.0. The van der Waals surface area contributed by atoms with Crippen molar-refractivity contribution in [2.24, 2.45) is 5.92 Å². The minimum atomic E-state index is -3.08. The second-order valence-electron chi connectivity index (χ2n) is 14.7. The van der Waals surface area contributed by atoms with Crippen LogP contribution in [0.15, 0.2) is 69.5 Å². The first kappa shape index (κ1) is 37.0. The molecule has 0 aliphatic carbocycles. The number of hydrogen-bond acceptors (Lipinski definition) is 10. The number of carbonyl (C=O) groups is 2. The third-order valence-electron chi connectivity index (χ3n) is 11.2. The summed E-state index contributed by atoms with van der Waals surface area (Å²) in [6.45, 7) is 5.27. The highest BCUT2D eigenvalue weighted by atomic mass is 19.3. The molecule has 286 valence electrons. The fourth-order valence-corrected chi connectivity index (χ4v) is 8.22. The molecule has 0 amide bonds. The van der Waals surface area contributed by atoms with Gasteiger partial charge in [0, 0.05) is 48.3 Å². The lowest BCUT2D eigenvalue weighted by Gasteiger charge is -2.22. The van der Waals surface area contributed by atoms with Gasteiger partial charge in [-0.15, -0.1) is 0 Å². The third kappa shape index (κ3) is 7.02. The number of likely N-dealkylation sites (tertiary alicyclic amines) is 2. The number of aliphatic carboxylic acids is 1. The maximum absolute atomic E-state index is 13.5. The molecular weight excluding hydrogens is 720 g/mol. The number of rotatable bonds is 11. The van der Waals surface area contributed by atoms with Crippen LogP contribution in [0.2, 0.25) is 0 Å². The molecule has 2 aliphatic rings. The van der Waals surface area contributed by atoms with Crippen LogP contribution in [0.3, 0.4) is 0 Å². The molecule has 0 radical (unpaired) electrons. The van der Waals surface area contributed by atoms with Crippen molar-refractivity contribution in [1.29, 1.82) is 5.26 Å². The minimum Gasteiger partial charge on any atom is -0.480 e. The molecule has 0 bridgehead atoms. The van der Waals surface area contributed by atoms with E-state index in [0.717, 1.165) is 46.3 Å². The molecule has 13 heteroatoms. The van der Waals surface area contributed by atoms with Gasteiger partial charge in [-0.3, -0.25) is 19.4 Å². The Hall–Kier alpha value is -5.97. The number of oxazole rings is 2. The summed E-state index contributed by atoms with van der Waals surface area (Å²) >= 11 is 0. The van der Waals surface area contributed by atoms with Crippen molar-refractivity contribution >= 4 is 34.0 Å². The first-order chi connectivity index (χ1) is 27.0. The van der Waals surface area contributed by atoms with E-state index in [0.29, 0.717) is 77.6 Å². The Morgan fingerprint density at radius 3 is 2.25 bits per heavy atom. The van der Waals surface area contributed by atoms with Crippen molar-refractivity contribution in [2.75, 3.05) is 19.6 Å². The Balaban J connectivity index is 1.11. The molecule has 1 unspecified atom stereocenters. The predicted octanol–water partition coefficient (Wildman–Crippen LogP) is 8.52. The zero-order chi connectivity index (χ0) is 39.2. The van der Waals surface area contributed by atoms with Gasteiger partial charge in [0.05, 0.1) is 5.56 Å². The number of carboxylic acid groups (broad SMARTS) is 1. The van der Waals surface area contributed by atoms with Crippen LogP contribution < -0.4 is 4.74 Å². The number of carboxylic acids is 1. The molecule has 4 heterocycles. The normalized spacial score (nSPS) is 17.7. The quantitative estimate of drug-likeness (QED) is 0.136. The molecule has 2 aromatic heterocycles. The summed E-state index contributed by atoms with van der Waals surface area (Å²) < 4.78 is 44.3. The number of benzene rings is 4. The van der Waals surface area contributed by atoms with E-state index in [9.17, 15) is 28.7 Å². The van der Waals surface area contributed by atoms with E-state index >= 15 is 0 Å². The molecule has 2 fully saturated rings. The first-order valence-corrected chi connectivity index (χ1v) is 18.6. The average Bonchev–Trinajstić information content (AvgIpc) is 3.98. The minimum absolute atomic E-state index is 0.0420. The lowest BCUT2D eigenvalue weighted by molar-refractivity contribution is -0.142. The summed E-state index contributed by atoms with van der Waals surface area (Å²) in [5.74, 6) is -0.110. The van der Waals surface area contributed by atoms with E-state index in [1.807, 2.05) is 62.4 Å². The summed E-state index contributed by atoms with van der Waals surface area (Å²) in [5.41, 5.74) is 8.49. The molecule has 6 aromatic rings. The van der Waals surface area contributed by atoms with Crippen LogP contribution in [-0.2, 0) is 22.7 Å². The maximum Gasteiger partial charge on any atom is 0.387 e. The van der Waals surface area contributed by atoms with E-state index in [1.165, 1.54) is 6.07 Å². The highest BCUT2D eigenvalue weighted by molar-refractivity contribution is 5.86. The zero-order valence-electron chi connectivity index (χ0n) is 31.1. The number of halogens is 2. The number of alkyl halides is 2. The smallest absolute Gasteiger partial charge is 0.387 e. The number of nitrogens with zero attached hydrogens (tertiary/aromatic N) is 5. The molecule has 4 aromatic carbocycles. The molecule has 8 rings (SSSR count). The van der Waals surface area contributed by atoms with Crippen molar-refractivity contribution in [2.45, 2.75) is 65.8 Å². The number of nitriles is 1. The summed E-state index contributed by atoms with van der Waals surface area (Å²) in [4.78, 5) is 37.3. The summed E-state index contributed by atoms with van der Waals surface area (Å²) in [6.07, 6.45) is 2.01. The number of Topliss-reactive ketones (excluding diaryl/α,β-unsaturated/α-hetero) is 1. The predicted molar refractivity (Wildman–Crippen MR) is 204 cm³/mol. The molecule has 2 aliphatic heterocycles. The summed E-state index contributed by atoms with van der Waals surface area (Å²) in [5, 5.41) is 19.7. The Kier molecular flexibility index (Phi) is 9.86. The van der Waals surface area contributed by atoms with Gasteiger partial charge in [-0.25, -0.2) is 9.97 Å². The van der Waals surface area contributed by atoms with E-state index in [2.05, 4.69) is 11.0 Å². The van der Waals surface area contributed by atoms with Crippen molar-refractivity contribution in [3.63, 3.8) is 0 Å². The highest BCUT2D eigenvalue weighted by Gasteiger charge is 2.32. The second-order valence-corrected chi connectivity index (χ2v) is 14.7. The maximum atomic E-state index is 13.5. The Morgan fingerprint density at radius 2 is 1.61 bits per heavy atom. The Morgan fingerprint density at radius 1 is 0.929 bits per heavy atom. The van der Waals surface area contributed by atoms with Gasteiger partial charge >= 0.3 is 12.6 Å². The Bertz CT molecular complexity index is 2560. The fourth-order valence-electron chi connectivity index (χ4n) is 8.22. The van der Waals surface area contributed by atoms with Gasteiger partial charge in [0.1, 0.15) is 34.7 Å². The average molecular weight is 760 g/mol. The van der Waals surface area contributed by atoms with E-state index in [1.54, 1.807) is 17.9 Å². The van der Waals surface area contributed by atoms with E-state index in [-0.39, 0.29) is 29.6 Å². The van der Waals surface area contributed by atoms with Gasteiger partial charge in [-0.05, 0) is 111 Å². The molecule has 56 heavy (non-hydrogen) atoms. The van der Waals surface area contributed by atoms with Gasteiger partial charge in [-0.1, -0.05) is 24.3 Å². The monoisotopic (exact) mass is 759 g/mol. The van der Waals surface area contributed by atoms with E-state index < -0.39 is 18.6 Å². The topological polar surface area (TPSA) is 146 Å². The number of ketones is 1. The van der Waals surface area contributed by atoms with Crippen molar-refractivity contribution < 1.29 is 37.0 Å². The van der Waals surface area contributed by atoms with Gasteiger partial charge in [0.25, 0.3) is 0 Å². The lowest BCUT2D eigenvalue weighted by Crippen LogP contribution is -2.35. The summed E-state index contributed by atoms with van der Waals surface area (Å²) in [7, 11) is 0. The van der Waals surface area contributed by atoms with Crippen LogP contribution in [0, 0.1) is 31.1 Å². The van der Waals surface area contributed by atoms with Crippen LogP contribution in [0.25, 0.3) is 56.2 Å². The van der Waals surface area contributed by atoms with Crippen LogP contribution >= 0.6 is 0 Å². The fraction of sp³-hybridized carbons (Fsp3) is 0.326. The number of fused-ring (bicyclic) bond motifs is 2. The standard InChI is InChI=1S/C43H39F2N5O6/c1-23-30(7-4-9-32(23)40-47-34-17-29(22-50-13-6-11-36(50)42(52)53)37(55-43(44)45)18-38(34)54-40)31-8-5-10-33(24(31)2)41-48-35-16-26(15-28(19-46)39(35)56-41)20-49-14-12-27(21-49)25(3)51/h4-5,7-10,15-18,27,36,43H,6,11-14,20-22H2,1-3H3,(H,52,53)/t27?,36-/m0/s1. The molecule has 1 N–H and O–H groups in total. The van der Waals surface area contributed by atoms with Crippen LogP contribution in [-0.4, -0.2) is 68.9 Å². The van der Waals surface area contributed by atoms with Crippen molar-refractivity contribution in [1.82, 2.24) is 19.8 Å². The van der Waals surface area contributed by atoms with Gasteiger partial charge in [0.2, 0.25) is 11.8 Å². The SMILES string of the molecule is CC(=O)C1CCN(Cc2cc(C#N)c3oc(-c4cccc(-c5cccc(-c6nc7cc(CN8CCC[C@H]8C(=O)O)c(OC(F)F)cc7o6)c5C)c4C)nc3c2)C1. The number of aromatic nitrogens is 2. The van der Waals surface area contributed by atoms with Crippen LogP contribution in [0.4, 0.5) is 8.78 Å². The molecule has 11 nitrogen and oxygen atoms in total. The third-order valence-corrected chi connectivity index (χ3v) is 11.2. The number of ether oxygens (including phenoxy) is 1. The molecular formula is C43H39F2N5O6. The van der Waals surface area contributed by atoms with Gasteiger partial charge in [0.15, 0.2) is 11.2 Å². The molecule has 2 atom stereocenters. The Labute approximate surface area is 321 Å². The second kappa shape index (κ2) is 14.9. The molecule has 2 saturated heterocycles. The van der Waals surface area contributed by atoms with Crippen molar-refractivity contribution in [3.8, 4) is 45.9 Å². The number of carbonyl (C=O) groups excluding carboxylic acids is 1. The molecule has 0 spiro atoms. The van der Waals surface area contributed by atoms with Crippen LogP contribution in [0.1, 0.15) is 54.0 Å². The van der Waals surface area contributed by atoms with Crippen molar-refractivity contribution in [3.05, 3.63) is 88.5 Å². The van der Waals surface area contributed by atoms with E-state index in [4.69, 9.17) is 23.5 Å². The number of hydrogen-bond donors (Lipinski definition) is 1. The largest absolute Gasteiger partial charge is 0.480 e. The first-order valence-electron chi connectivity index (χ1n) is 18.6. The van der Waals surface area contributed by atoms with Crippen LogP contribution in [0.5, 0.6) is 5.75 Å². The zero-order valence-corrected chi connectivity index (χ0v) is 31.1.